The molecule has 0 aliphatic heterocycles. The highest BCUT2D eigenvalue weighted by molar-refractivity contribution is 5.85. The Kier molecular flexibility index (Phi) is 3.46. The van der Waals surface area contributed by atoms with Gasteiger partial charge in [0, 0.05) is 12.7 Å². The number of hydrogen-bond acceptors (Lipinski definition) is 4. The summed E-state index contributed by atoms with van der Waals surface area (Å²) in [5.74, 6) is -0.576. The molecule has 5 nitrogen and oxygen atoms in total. The molecule has 0 spiro atoms. The van der Waals surface area contributed by atoms with Crippen molar-refractivity contribution in [3.05, 3.63) is 47.4 Å². The molecule has 0 aliphatic rings. The van der Waals surface area contributed by atoms with Crippen LogP contribution in [0, 0.1) is 13.8 Å². The van der Waals surface area contributed by atoms with Gasteiger partial charge in [-0.1, -0.05) is 6.07 Å². The van der Waals surface area contributed by atoms with Crippen molar-refractivity contribution in [2.75, 3.05) is 11.9 Å². The molecule has 0 saturated carbocycles. The van der Waals surface area contributed by atoms with Crippen LogP contribution in [0.2, 0.25) is 0 Å². The fourth-order valence-electron chi connectivity index (χ4n) is 1.90. The monoisotopic (exact) mass is 257 g/mol. The molecule has 2 rings (SSSR count). The molecule has 0 amide bonds. The summed E-state index contributed by atoms with van der Waals surface area (Å²) in [5, 5.41) is 8.93. The standard InChI is InChI=1S/C14H15N3O2/c1-9-4-10(2)6-11(5-9)17(3)13-8-15-7-12(16-13)14(18)19/h4-8H,1-3H3,(H,18,19). The van der Waals surface area contributed by atoms with Crippen LogP contribution in [0.25, 0.3) is 0 Å². The topological polar surface area (TPSA) is 66.3 Å². The highest BCUT2D eigenvalue weighted by atomic mass is 16.4. The van der Waals surface area contributed by atoms with Crippen LogP contribution in [0.5, 0.6) is 0 Å². The maximum Gasteiger partial charge on any atom is 0.356 e. The Bertz CT molecular complexity index is 606. The number of hydrogen-bond donors (Lipinski definition) is 1. The summed E-state index contributed by atoms with van der Waals surface area (Å²) in [6.07, 6.45) is 2.78. The van der Waals surface area contributed by atoms with E-state index in [9.17, 15) is 4.79 Å². The first-order valence-corrected chi connectivity index (χ1v) is 5.85. The maximum absolute atomic E-state index is 10.9. The van der Waals surface area contributed by atoms with Crippen molar-refractivity contribution < 1.29 is 9.90 Å². The van der Waals surface area contributed by atoms with E-state index in [1.54, 1.807) is 6.20 Å². The average molecular weight is 257 g/mol. The lowest BCUT2D eigenvalue weighted by Gasteiger charge is -2.19. The van der Waals surface area contributed by atoms with Crippen molar-refractivity contribution in [3.63, 3.8) is 0 Å². The first-order valence-electron chi connectivity index (χ1n) is 5.85. The molecule has 0 aliphatic carbocycles. The third-order valence-electron chi connectivity index (χ3n) is 2.78. The largest absolute Gasteiger partial charge is 0.476 e. The number of nitrogens with zero attached hydrogens (tertiary/aromatic N) is 3. The van der Waals surface area contributed by atoms with Crippen molar-refractivity contribution in [1.29, 1.82) is 0 Å². The predicted octanol–water partition coefficient (Wildman–Crippen LogP) is 2.56. The molecule has 0 radical (unpaired) electrons. The lowest BCUT2D eigenvalue weighted by atomic mass is 10.1. The van der Waals surface area contributed by atoms with Gasteiger partial charge in [-0.3, -0.25) is 4.98 Å². The van der Waals surface area contributed by atoms with Crippen LogP contribution in [-0.2, 0) is 0 Å². The van der Waals surface area contributed by atoms with Crippen LogP contribution >= 0.6 is 0 Å². The molecular weight excluding hydrogens is 242 g/mol. The van der Waals surface area contributed by atoms with E-state index in [-0.39, 0.29) is 5.69 Å². The van der Waals surface area contributed by atoms with Crippen LogP contribution in [0.15, 0.2) is 30.6 Å². The van der Waals surface area contributed by atoms with E-state index in [0.29, 0.717) is 5.82 Å². The number of aryl methyl sites for hydroxylation is 2. The first-order chi connectivity index (χ1) is 8.97. The van der Waals surface area contributed by atoms with Crippen molar-refractivity contribution in [2.45, 2.75) is 13.8 Å². The van der Waals surface area contributed by atoms with Gasteiger partial charge in [0.15, 0.2) is 11.5 Å². The van der Waals surface area contributed by atoms with Crippen LogP contribution in [0.4, 0.5) is 11.5 Å². The summed E-state index contributed by atoms with van der Waals surface area (Å²) >= 11 is 0. The van der Waals surface area contributed by atoms with E-state index >= 15 is 0 Å². The molecule has 1 aromatic heterocycles. The van der Waals surface area contributed by atoms with Crippen LogP contribution < -0.4 is 4.90 Å². The number of rotatable bonds is 3. The van der Waals surface area contributed by atoms with Gasteiger partial charge in [0.25, 0.3) is 0 Å². The molecule has 5 heteroatoms. The first kappa shape index (κ1) is 13.0. The summed E-state index contributed by atoms with van der Waals surface area (Å²) in [7, 11) is 1.84. The zero-order valence-corrected chi connectivity index (χ0v) is 11.1. The Hall–Kier alpha value is -2.43. The third kappa shape index (κ3) is 2.88. The number of carboxylic acids is 1. The minimum absolute atomic E-state index is 0.0614. The molecule has 98 valence electrons. The number of aromatic carboxylic acids is 1. The van der Waals surface area contributed by atoms with Gasteiger partial charge in [0.2, 0.25) is 0 Å². The molecule has 1 heterocycles. The Morgan fingerprint density at radius 3 is 2.37 bits per heavy atom. The molecule has 0 unspecified atom stereocenters. The molecule has 0 saturated heterocycles. The van der Waals surface area contributed by atoms with Crippen molar-refractivity contribution in [3.8, 4) is 0 Å². The summed E-state index contributed by atoms with van der Waals surface area (Å²) in [6.45, 7) is 4.04. The Morgan fingerprint density at radius 2 is 1.79 bits per heavy atom. The summed E-state index contributed by atoms with van der Waals surface area (Å²) in [5.41, 5.74) is 3.18. The average Bonchev–Trinajstić information content (AvgIpc) is 2.37. The number of carboxylic acid groups (broad SMARTS) is 1. The van der Waals surface area contributed by atoms with Crippen LogP contribution in [0.3, 0.4) is 0 Å². The lowest BCUT2D eigenvalue weighted by Crippen LogP contribution is -2.14. The van der Waals surface area contributed by atoms with E-state index in [1.165, 1.54) is 6.20 Å². The van der Waals surface area contributed by atoms with Gasteiger partial charge in [0.05, 0.1) is 12.4 Å². The molecule has 0 bridgehead atoms. The Balaban J connectivity index is 2.40. The van der Waals surface area contributed by atoms with E-state index in [4.69, 9.17) is 5.11 Å². The fraction of sp³-hybridized carbons (Fsp3) is 0.214. The van der Waals surface area contributed by atoms with Crippen molar-refractivity contribution in [1.82, 2.24) is 9.97 Å². The minimum atomic E-state index is -1.08. The van der Waals surface area contributed by atoms with Gasteiger partial charge in [-0.2, -0.15) is 0 Å². The van der Waals surface area contributed by atoms with Gasteiger partial charge in [-0.15, -0.1) is 0 Å². The number of benzene rings is 1. The lowest BCUT2D eigenvalue weighted by molar-refractivity contribution is 0.0690. The quantitative estimate of drug-likeness (QED) is 0.915. The molecule has 2 aromatic rings. The number of anilines is 2. The molecule has 1 N–H and O–H groups in total. The Labute approximate surface area is 111 Å². The minimum Gasteiger partial charge on any atom is -0.476 e. The number of carbonyl (C=O) groups is 1. The van der Waals surface area contributed by atoms with Gasteiger partial charge in [0.1, 0.15) is 0 Å². The second-order valence-corrected chi connectivity index (χ2v) is 4.47. The van der Waals surface area contributed by atoms with Crippen LogP contribution in [-0.4, -0.2) is 28.1 Å². The van der Waals surface area contributed by atoms with Gasteiger partial charge >= 0.3 is 5.97 Å². The number of aromatic nitrogens is 2. The zero-order chi connectivity index (χ0) is 14.0. The molecule has 1 aromatic carbocycles. The van der Waals surface area contributed by atoms with Crippen molar-refractivity contribution >= 4 is 17.5 Å². The van der Waals surface area contributed by atoms with Gasteiger partial charge in [-0.25, -0.2) is 9.78 Å². The fourth-order valence-corrected chi connectivity index (χ4v) is 1.90. The van der Waals surface area contributed by atoms with E-state index < -0.39 is 5.97 Å². The van der Waals surface area contributed by atoms with Gasteiger partial charge in [-0.05, 0) is 37.1 Å². The van der Waals surface area contributed by atoms with E-state index in [1.807, 2.05) is 37.9 Å². The van der Waals surface area contributed by atoms with E-state index in [2.05, 4.69) is 16.0 Å². The zero-order valence-electron chi connectivity index (χ0n) is 11.1. The molecular formula is C14H15N3O2. The van der Waals surface area contributed by atoms with Crippen molar-refractivity contribution in [2.24, 2.45) is 0 Å². The van der Waals surface area contributed by atoms with E-state index in [0.717, 1.165) is 16.8 Å². The molecule has 0 fully saturated rings. The van der Waals surface area contributed by atoms with Crippen LogP contribution in [0.1, 0.15) is 21.6 Å². The summed E-state index contributed by atoms with van der Waals surface area (Å²) in [4.78, 5) is 20.7. The highest BCUT2D eigenvalue weighted by Gasteiger charge is 2.11. The predicted molar refractivity (Wildman–Crippen MR) is 73.0 cm³/mol. The summed E-state index contributed by atoms with van der Waals surface area (Å²) in [6, 6.07) is 6.11. The SMILES string of the molecule is Cc1cc(C)cc(N(C)c2cncc(C(=O)O)n2)c1. The summed E-state index contributed by atoms with van der Waals surface area (Å²) < 4.78 is 0. The maximum atomic E-state index is 10.9. The van der Waals surface area contributed by atoms with Gasteiger partial charge < -0.3 is 10.0 Å². The third-order valence-corrected chi connectivity index (χ3v) is 2.78. The smallest absolute Gasteiger partial charge is 0.356 e. The highest BCUT2D eigenvalue weighted by Crippen LogP contribution is 2.23. The molecule has 0 atom stereocenters. The second kappa shape index (κ2) is 5.06. The molecule has 19 heavy (non-hydrogen) atoms. The Morgan fingerprint density at radius 1 is 1.16 bits per heavy atom. The normalized spacial score (nSPS) is 10.3. The second-order valence-electron chi connectivity index (χ2n) is 4.47.